The van der Waals surface area contributed by atoms with Gasteiger partial charge in [0.15, 0.2) is 5.82 Å². The molecule has 0 aliphatic heterocycles. The molecule has 0 radical (unpaired) electrons. The van der Waals surface area contributed by atoms with Gasteiger partial charge in [-0.25, -0.2) is 14.5 Å². The third-order valence-corrected chi connectivity index (χ3v) is 8.03. The molecule has 11 nitrogen and oxygen atoms in total. The summed E-state index contributed by atoms with van der Waals surface area (Å²) in [5.74, 6) is 0.726. The van der Waals surface area contributed by atoms with E-state index in [4.69, 9.17) is 29.2 Å². The number of para-hydroxylation sites is 2. The quantitative estimate of drug-likeness (QED) is 0.152. The maximum absolute atomic E-state index is 14.2. The van der Waals surface area contributed by atoms with Crippen LogP contribution in [0, 0.1) is 6.92 Å². The Bertz CT molecular complexity index is 1570. The van der Waals surface area contributed by atoms with Gasteiger partial charge in [-0.05, 0) is 59.2 Å². The number of nitrogens with two attached hydrogens (primary N) is 1. The molecule has 0 aliphatic rings. The molecular weight excluding hydrogens is 545 g/mol. The fraction of sp³-hybridized carbons (Fsp3) is 0.414. The summed E-state index contributed by atoms with van der Waals surface area (Å²) in [6.07, 6.45) is -1.00. The lowest BCUT2D eigenvalue weighted by atomic mass is 10.2. The Morgan fingerprint density at radius 1 is 1.07 bits per heavy atom. The van der Waals surface area contributed by atoms with Crippen molar-refractivity contribution in [3.63, 3.8) is 0 Å². The third kappa shape index (κ3) is 7.23. The van der Waals surface area contributed by atoms with E-state index in [2.05, 4.69) is 10.1 Å². The molecule has 4 aromatic rings. The zero-order chi connectivity index (χ0) is 29.7. The number of fused-ring (bicyclic) bond motifs is 3. The van der Waals surface area contributed by atoms with Crippen molar-refractivity contribution in [2.75, 3.05) is 12.3 Å². The van der Waals surface area contributed by atoms with E-state index < -0.39 is 25.9 Å². The fourth-order valence-electron chi connectivity index (χ4n) is 4.42. The average Bonchev–Trinajstić information content (AvgIpc) is 3.27. The van der Waals surface area contributed by atoms with Gasteiger partial charge >= 0.3 is 13.7 Å². The number of nitrogens with one attached hydrogen (secondary N) is 1. The molecule has 0 fully saturated rings. The van der Waals surface area contributed by atoms with Crippen molar-refractivity contribution in [2.24, 2.45) is 0 Å². The normalized spacial score (nSPS) is 14.7. The van der Waals surface area contributed by atoms with E-state index in [-0.39, 0.29) is 19.3 Å². The van der Waals surface area contributed by atoms with Crippen LogP contribution in [0.25, 0.3) is 21.9 Å². The van der Waals surface area contributed by atoms with Gasteiger partial charge in [0, 0.05) is 12.0 Å². The van der Waals surface area contributed by atoms with Crippen molar-refractivity contribution in [3.05, 3.63) is 59.9 Å². The molecule has 0 aliphatic carbocycles. The lowest BCUT2D eigenvalue weighted by Crippen LogP contribution is -2.37. The molecular formula is C29H38N5O6P. The summed E-state index contributed by atoms with van der Waals surface area (Å²) in [5, 5.41) is 3.63. The lowest BCUT2D eigenvalue weighted by molar-refractivity contribution is -0.149. The minimum Gasteiger partial charge on any atom is -0.462 e. The number of carbonyl (C=O) groups is 1. The lowest BCUT2D eigenvalue weighted by Gasteiger charge is -2.27. The van der Waals surface area contributed by atoms with Gasteiger partial charge in [-0.1, -0.05) is 36.4 Å². The van der Waals surface area contributed by atoms with Gasteiger partial charge in [0.25, 0.3) is 0 Å². The molecule has 2 heterocycles. The summed E-state index contributed by atoms with van der Waals surface area (Å²) in [6.45, 7) is 11.5. The van der Waals surface area contributed by atoms with Crippen LogP contribution in [-0.4, -0.2) is 45.4 Å². The molecule has 2 aromatic carbocycles. The van der Waals surface area contributed by atoms with Crippen LogP contribution >= 0.6 is 7.75 Å². The van der Waals surface area contributed by atoms with Gasteiger partial charge in [-0.3, -0.25) is 9.32 Å². The molecule has 3 N–H and O–H groups in total. The number of nitrogens with zero attached hydrogens (tertiary/aromatic N) is 3. The summed E-state index contributed by atoms with van der Waals surface area (Å²) in [4.78, 5) is 21.8. The van der Waals surface area contributed by atoms with E-state index in [9.17, 15) is 9.36 Å². The van der Waals surface area contributed by atoms with Crippen LogP contribution in [0.4, 0.5) is 5.82 Å². The Balaban J connectivity index is 1.70. The predicted molar refractivity (Wildman–Crippen MR) is 159 cm³/mol. The topological polar surface area (TPSA) is 140 Å². The Morgan fingerprint density at radius 2 is 1.78 bits per heavy atom. The maximum Gasteiger partial charge on any atom is 0.459 e. The van der Waals surface area contributed by atoms with Gasteiger partial charge in [-0.2, -0.15) is 5.09 Å². The molecule has 0 saturated carbocycles. The Kier molecular flexibility index (Phi) is 9.65. The zero-order valence-electron chi connectivity index (χ0n) is 24.3. The van der Waals surface area contributed by atoms with Crippen LogP contribution in [0.3, 0.4) is 0 Å². The number of esters is 1. The first kappa shape index (κ1) is 30.5. The maximum atomic E-state index is 14.2. The first-order chi connectivity index (χ1) is 19.5. The van der Waals surface area contributed by atoms with Crippen molar-refractivity contribution in [1.82, 2.24) is 19.6 Å². The number of ether oxygens (including phenoxy) is 2. The Morgan fingerprint density at radius 3 is 2.49 bits per heavy atom. The average molecular weight is 584 g/mol. The number of hydrogen-bond acceptors (Lipinski definition) is 9. The molecule has 12 heteroatoms. The van der Waals surface area contributed by atoms with Gasteiger partial charge in [0.2, 0.25) is 0 Å². The van der Waals surface area contributed by atoms with E-state index in [1.165, 1.54) is 0 Å². The number of rotatable bonds is 13. The van der Waals surface area contributed by atoms with Crippen LogP contribution in [0.1, 0.15) is 46.0 Å². The van der Waals surface area contributed by atoms with Crippen molar-refractivity contribution >= 4 is 41.5 Å². The standard InChI is InChI=1S/C29H38N5O6P/c1-7-37-17-25-32-26-27(22-13-9-10-14-23(22)31-28(26)30)34(25)16-20(5)39-41(36,33-21(6)29(35)38-18(2)3)40-24-15-11-8-12-19(24)4/h8-15,18,20-21H,7,16-17H2,1-6H3,(H2,30,31)(H,33,36)/t20-,21+,41-/m1/s1. The Hall–Kier alpha value is -3.50. The first-order valence-corrected chi connectivity index (χ1v) is 15.2. The van der Waals surface area contributed by atoms with Gasteiger partial charge in [0.1, 0.15) is 29.7 Å². The highest BCUT2D eigenvalue weighted by Gasteiger charge is 2.35. The van der Waals surface area contributed by atoms with Crippen LogP contribution in [0.2, 0.25) is 0 Å². The Labute approximate surface area is 239 Å². The van der Waals surface area contributed by atoms with E-state index in [0.717, 1.165) is 22.0 Å². The largest absolute Gasteiger partial charge is 0.462 e. The zero-order valence-corrected chi connectivity index (χ0v) is 25.2. The summed E-state index contributed by atoms with van der Waals surface area (Å²) < 4.78 is 39.2. The number of hydrogen-bond donors (Lipinski definition) is 2. The monoisotopic (exact) mass is 583 g/mol. The van der Waals surface area contributed by atoms with E-state index >= 15 is 0 Å². The molecule has 0 saturated heterocycles. The number of aromatic nitrogens is 3. The van der Waals surface area contributed by atoms with E-state index in [1.807, 2.05) is 54.8 Å². The second-order valence-electron chi connectivity index (χ2n) is 10.1. The van der Waals surface area contributed by atoms with Crippen molar-refractivity contribution < 1.29 is 27.9 Å². The molecule has 220 valence electrons. The number of carbonyl (C=O) groups excluding carboxylic acids is 1. The number of aryl methyl sites for hydroxylation is 1. The van der Waals surface area contributed by atoms with Crippen molar-refractivity contribution in [1.29, 1.82) is 0 Å². The van der Waals surface area contributed by atoms with Crippen LogP contribution < -0.4 is 15.3 Å². The van der Waals surface area contributed by atoms with E-state index in [0.29, 0.717) is 29.5 Å². The van der Waals surface area contributed by atoms with Gasteiger partial charge in [0.05, 0.1) is 29.8 Å². The highest BCUT2D eigenvalue weighted by Crippen LogP contribution is 2.47. The van der Waals surface area contributed by atoms with Crippen molar-refractivity contribution in [2.45, 2.75) is 72.9 Å². The van der Waals surface area contributed by atoms with E-state index in [1.54, 1.807) is 39.8 Å². The minimum absolute atomic E-state index is 0.235. The van der Waals surface area contributed by atoms with Crippen molar-refractivity contribution in [3.8, 4) is 5.75 Å². The molecule has 2 aromatic heterocycles. The highest BCUT2D eigenvalue weighted by atomic mass is 31.2. The molecule has 0 spiro atoms. The predicted octanol–water partition coefficient (Wildman–Crippen LogP) is 5.53. The molecule has 0 amide bonds. The molecule has 41 heavy (non-hydrogen) atoms. The smallest absolute Gasteiger partial charge is 0.459 e. The second-order valence-corrected chi connectivity index (χ2v) is 11.7. The summed E-state index contributed by atoms with van der Waals surface area (Å²) in [7, 11) is -4.10. The van der Waals surface area contributed by atoms with Crippen LogP contribution in [0.15, 0.2) is 48.5 Å². The number of nitrogen functional groups attached to an aromatic ring is 1. The summed E-state index contributed by atoms with van der Waals surface area (Å²) in [6, 6.07) is 13.8. The molecule has 0 bridgehead atoms. The second kappa shape index (κ2) is 13.0. The first-order valence-electron chi connectivity index (χ1n) is 13.6. The highest BCUT2D eigenvalue weighted by molar-refractivity contribution is 7.52. The van der Waals surface area contributed by atoms with Gasteiger partial charge < -0.3 is 24.3 Å². The molecule has 4 rings (SSSR count). The summed E-state index contributed by atoms with van der Waals surface area (Å²) in [5.41, 5.74) is 9.11. The minimum atomic E-state index is -4.10. The number of benzene rings is 2. The molecule has 0 unspecified atom stereocenters. The van der Waals surface area contributed by atoms with Gasteiger partial charge in [-0.15, -0.1) is 0 Å². The number of anilines is 1. The number of pyridine rings is 1. The fourth-order valence-corrected chi connectivity index (χ4v) is 6.16. The number of imidazole rings is 1. The molecule has 3 atom stereocenters. The SMILES string of the molecule is CCOCc1nc2c(N)nc3ccccc3c2n1C[C@@H](C)O[P@](=O)(N[C@@H](C)C(=O)OC(C)C)Oc1ccccc1C. The third-order valence-electron chi connectivity index (χ3n) is 6.25. The van der Waals surface area contributed by atoms with Crippen LogP contribution in [0.5, 0.6) is 5.75 Å². The van der Waals surface area contributed by atoms with Crippen LogP contribution in [-0.2, 0) is 36.5 Å². The summed E-state index contributed by atoms with van der Waals surface area (Å²) >= 11 is 0.